The van der Waals surface area contributed by atoms with E-state index in [1.165, 1.54) is 19.2 Å². The number of para-hydroxylation sites is 1. The van der Waals surface area contributed by atoms with Crippen LogP contribution in [0, 0.1) is 0 Å². The number of nitrogens with one attached hydrogen (secondary N) is 3. The molecule has 3 rings (SSSR count). The molecular weight excluding hydrogens is 400 g/mol. The largest absolute Gasteiger partial charge is 0.493 e. The number of amides is 1. The van der Waals surface area contributed by atoms with Crippen LogP contribution in [0.2, 0.25) is 0 Å². The molecule has 29 heavy (non-hydrogen) atoms. The van der Waals surface area contributed by atoms with Crippen LogP contribution in [-0.4, -0.2) is 24.7 Å². The molecule has 0 unspecified atom stereocenters. The Kier molecular flexibility index (Phi) is 6.28. The SMILES string of the molecule is COc1cc([C@@H]2NC(=S)NC(C)=C2C(=O)Nc2ccccc2)ccc1OC(F)F. The van der Waals surface area contributed by atoms with E-state index >= 15 is 0 Å². The summed E-state index contributed by atoms with van der Waals surface area (Å²) >= 11 is 5.23. The predicted octanol–water partition coefficient (Wildman–Crippen LogP) is 3.73. The maximum Gasteiger partial charge on any atom is 0.387 e. The monoisotopic (exact) mass is 419 g/mol. The number of hydrogen-bond acceptors (Lipinski definition) is 4. The molecule has 0 aliphatic carbocycles. The Balaban J connectivity index is 1.96. The van der Waals surface area contributed by atoms with Crippen molar-refractivity contribution in [1.29, 1.82) is 0 Å². The molecule has 1 aliphatic rings. The van der Waals surface area contributed by atoms with Gasteiger partial charge in [0.05, 0.1) is 18.7 Å². The van der Waals surface area contributed by atoms with Crippen molar-refractivity contribution in [2.45, 2.75) is 19.6 Å². The van der Waals surface area contributed by atoms with E-state index < -0.39 is 12.7 Å². The molecule has 1 atom stereocenters. The predicted molar refractivity (Wildman–Crippen MR) is 109 cm³/mol. The number of ether oxygens (including phenoxy) is 2. The Morgan fingerprint density at radius 1 is 1.17 bits per heavy atom. The maximum atomic E-state index is 13.0. The molecule has 0 saturated carbocycles. The van der Waals surface area contributed by atoms with Crippen molar-refractivity contribution in [1.82, 2.24) is 10.6 Å². The van der Waals surface area contributed by atoms with E-state index in [1.807, 2.05) is 18.2 Å². The van der Waals surface area contributed by atoms with E-state index in [0.29, 0.717) is 27.6 Å². The second kappa shape index (κ2) is 8.87. The third kappa shape index (κ3) is 4.80. The lowest BCUT2D eigenvalue weighted by Crippen LogP contribution is -2.45. The van der Waals surface area contributed by atoms with Crippen molar-refractivity contribution in [3.8, 4) is 11.5 Å². The van der Waals surface area contributed by atoms with Gasteiger partial charge in [0.25, 0.3) is 5.91 Å². The van der Waals surface area contributed by atoms with Crippen molar-refractivity contribution in [2.24, 2.45) is 0 Å². The maximum absolute atomic E-state index is 13.0. The number of carbonyl (C=O) groups excluding carboxylic acids is 1. The number of benzene rings is 2. The Morgan fingerprint density at radius 2 is 1.90 bits per heavy atom. The Hall–Kier alpha value is -3.20. The first-order chi connectivity index (χ1) is 13.9. The zero-order valence-electron chi connectivity index (χ0n) is 15.7. The molecule has 152 valence electrons. The van der Waals surface area contributed by atoms with E-state index in [9.17, 15) is 13.6 Å². The molecule has 1 aliphatic heterocycles. The Bertz CT molecular complexity index is 951. The van der Waals surface area contributed by atoms with E-state index in [2.05, 4.69) is 20.7 Å². The number of thiocarbonyl (C=S) groups is 1. The van der Waals surface area contributed by atoms with E-state index in [-0.39, 0.29) is 17.4 Å². The molecular formula is C20H19F2N3O3S. The zero-order chi connectivity index (χ0) is 21.0. The summed E-state index contributed by atoms with van der Waals surface area (Å²) in [5.41, 5.74) is 2.24. The fourth-order valence-corrected chi connectivity index (χ4v) is 3.29. The minimum atomic E-state index is -2.98. The standard InChI is InChI=1S/C20H19F2N3O3S/c1-11-16(18(26)24-13-6-4-3-5-7-13)17(25-20(29)23-11)12-8-9-14(28-19(21)22)15(10-12)27-2/h3-10,17,19H,1-2H3,(H,24,26)(H2,23,25,29)/t17-/m0/s1. The molecule has 1 amide bonds. The number of allylic oxidation sites excluding steroid dienone is 1. The van der Waals surface area contributed by atoms with Gasteiger partial charge >= 0.3 is 6.61 Å². The number of methoxy groups -OCH3 is 1. The van der Waals surface area contributed by atoms with Gasteiger partial charge < -0.3 is 25.4 Å². The summed E-state index contributed by atoms with van der Waals surface area (Å²) in [4.78, 5) is 13.0. The number of hydrogen-bond donors (Lipinski definition) is 3. The molecule has 6 nitrogen and oxygen atoms in total. The van der Waals surface area contributed by atoms with Gasteiger partial charge in [0.1, 0.15) is 0 Å². The third-order valence-corrected chi connectivity index (χ3v) is 4.50. The quantitative estimate of drug-likeness (QED) is 0.620. The summed E-state index contributed by atoms with van der Waals surface area (Å²) in [5, 5.41) is 9.19. The average Bonchev–Trinajstić information content (AvgIpc) is 2.68. The summed E-state index contributed by atoms with van der Waals surface area (Å²) in [5.74, 6) is -0.304. The van der Waals surface area contributed by atoms with Crippen molar-refractivity contribution >= 4 is 28.9 Å². The van der Waals surface area contributed by atoms with Crippen LogP contribution in [0.1, 0.15) is 18.5 Å². The van der Waals surface area contributed by atoms with Gasteiger partial charge in [-0.25, -0.2) is 0 Å². The van der Waals surface area contributed by atoms with Gasteiger partial charge in [0, 0.05) is 11.4 Å². The smallest absolute Gasteiger partial charge is 0.387 e. The summed E-state index contributed by atoms with van der Waals surface area (Å²) in [6.07, 6.45) is 0. The van der Waals surface area contributed by atoms with Crippen LogP contribution < -0.4 is 25.4 Å². The molecule has 0 spiro atoms. The van der Waals surface area contributed by atoms with Crippen LogP contribution in [0.15, 0.2) is 59.8 Å². The molecule has 9 heteroatoms. The topological polar surface area (TPSA) is 71.6 Å². The van der Waals surface area contributed by atoms with Crippen molar-refractivity contribution in [2.75, 3.05) is 12.4 Å². The summed E-state index contributed by atoms with van der Waals surface area (Å²) in [6.45, 7) is -1.24. The van der Waals surface area contributed by atoms with Gasteiger partial charge in [-0.3, -0.25) is 4.79 Å². The first-order valence-electron chi connectivity index (χ1n) is 8.66. The first kappa shape index (κ1) is 20.5. The molecule has 0 saturated heterocycles. The number of alkyl halides is 2. The fraction of sp³-hybridized carbons (Fsp3) is 0.200. The minimum absolute atomic E-state index is 0.0984. The molecule has 1 heterocycles. The summed E-state index contributed by atoms with van der Waals surface area (Å²) in [7, 11) is 1.35. The zero-order valence-corrected chi connectivity index (χ0v) is 16.5. The van der Waals surface area contributed by atoms with Gasteiger partial charge in [-0.05, 0) is 49.0 Å². The van der Waals surface area contributed by atoms with Crippen LogP contribution in [0.25, 0.3) is 0 Å². The average molecular weight is 419 g/mol. The van der Waals surface area contributed by atoms with Gasteiger partial charge in [-0.15, -0.1) is 0 Å². The first-order valence-corrected chi connectivity index (χ1v) is 9.07. The highest BCUT2D eigenvalue weighted by Crippen LogP contribution is 2.35. The highest BCUT2D eigenvalue weighted by Gasteiger charge is 2.30. The lowest BCUT2D eigenvalue weighted by molar-refractivity contribution is -0.113. The number of anilines is 1. The van der Waals surface area contributed by atoms with Crippen LogP contribution in [0.5, 0.6) is 11.5 Å². The van der Waals surface area contributed by atoms with Gasteiger partial charge in [-0.1, -0.05) is 24.3 Å². The minimum Gasteiger partial charge on any atom is -0.493 e. The molecule has 2 aromatic rings. The number of rotatable bonds is 6. The van der Waals surface area contributed by atoms with Crippen LogP contribution in [0.3, 0.4) is 0 Å². The molecule has 0 aromatic heterocycles. The highest BCUT2D eigenvalue weighted by atomic mass is 32.1. The Labute approximate surface area is 171 Å². The van der Waals surface area contributed by atoms with E-state index in [1.54, 1.807) is 25.1 Å². The number of halogens is 2. The molecule has 0 radical (unpaired) electrons. The van der Waals surface area contributed by atoms with Crippen LogP contribution in [0.4, 0.5) is 14.5 Å². The van der Waals surface area contributed by atoms with E-state index in [4.69, 9.17) is 17.0 Å². The Morgan fingerprint density at radius 3 is 2.55 bits per heavy atom. The highest BCUT2D eigenvalue weighted by molar-refractivity contribution is 7.80. The summed E-state index contributed by atoms with van der Waals surface area (Å²) < 4.78 is 34.8. The number of carbonyl (C=O) groups is 1. The van der Waals surface area contributed by atoms with Gasteiger partial charge in [0.15, 0.2) is 16.6 Å². The normalized spacial score (nSPS) is 16.2. The molecule has 0 fully saturated rings. The molecule has 0 bridgehead atoms. The molecule has 2 aromatic carbocycles. The van der Waals surface area contributed by atoms with Crippen LogP contribution in [-0.2, 0) is 4.79 Å². The van der Waals surface area contributed by atoms with Crippen molar-refractivity contribution in [3.05, 3.63) is 65.4 Å². The third-order valence-electron chi connectivity index (χ3n) is 4.28. The lowest BCUT2D eigenvalue weighted by atomic mass is 9.94. The second-order valence-electron chi connectivity index (χ2n) is 6.18. The fourth-order valence-electron chi connectivity index (χ4n) is 3.02. The van der Waals surface area contributed by atoms with Gasteiger partial charge in [0.2, 0.25) is 0 Å². The summed E-state index contributed by atoms with van der Waals surface area (Å²) in [6, 6.07) is 12.9. The van der Waals surface area contributed by atoms with E-state index in [0.717, 1.165) is 0 Å². The van der Waals surface area contributed by atoms with Gasteiger partial charge in [-0.2, -0.15) is 8.78 Å². The van der Waals surface area contributed by atoms with Crippen LogP contribution >= 0.6 is 12.2 Å². The molecule has 3 N–H and O–H groups in total. The van der Waals surface area contributed by atoms with Crippen molar-refractivity contribution < 1.29 is 23.0 Å². The van der Waals surface area contributed by atoms with Crippen molar-refractivity contribution in [3.63, 3.8) is 0 Å². The lowest BCUT2D eigenvalue weighted by Gasteiger charge is -2.30. The second-order valence-corrected chi connectivity index (χ2v) is 6.59.